The molecule has 0 spiro atoms. The van der Waals surface area contributed by atoms with E-state index in [1.807, 2.05) is 0 Å². The Morgan fingerprint density at radius 1 is 1.26 bits per heavy atom. The van der Waals surface area contributed by atoms with E-state index in [2.05, 4.69) is 27.4 Å². The second kappa shape index (κ2) is 4.56. The molecule has 5 nitrogen and oxygen atoms in total. The summed E-state index contributed by atoms with van der Waals surface area (Å²) in [6, 6.07) is 1.48. The fourth-order valence-electron chi connectivity index (χ4n) is 3.88. The van der Waals surface area contributed by atoms with E-state index >= 15 is 0 Å². The van der Waals surface area contributed by atoms with Crippen LogP contribution in [0.5, 0.6) is 0 Å². The first-order valence-corrected chi connectivity index (χ1v) is 7.54. The van der Waals surface area contributed by atoms with Crippen LogP contribution in [0.1, 0.15) is 43.3 Å². The standard InChI is InChI=1S/C14H22N4O/c1-18-11-2-3-12(18)6-10(5-11)14-16-13(19-17-14)4-9-7-15-8-9/h9-12,15H,2-8H2,1H3. The van der Waals surface area contributed by atoms with Crippen molar-refractivity contribution >= 4 is 0 Å². The maximum absolute atomic E-state index is 5.44. The minimum Gasteiger partial charge on any atom is -0.339 e. The first-order chi connectivity index (χ1) is 9.29. The van der Waals surface area contributed by atoms with Gasteiger partial charge in [0.25, 0.3) is 0 Å². The third kappa shape index (κ3) is 2.09. The average Bonchev–Trinajstić information content (AvgIpc) is 2.87. The molecule has 4 rings (SSSR count). The SMILES string of the molecule is CN1C2CCC1CC(c1noc(CC3CNC3)n1)C2. The van der Waals surface area contributed by atoms with Gasteiger partial charge in [-0.3, -0.25) is 0 Å². The van der Waals surface area contributed by atoms with Gasteiger partial charge >= 0.3 is 0 Å². The number of nitrogens with one attached hydrogen (secondary N) is 1. The van der Waals surface area contributed by atoms with Gasteiger partial charge in [0, 0.05) is 24.4 Å². The molecular weight excluding hydrogens is 240 g/mol. The number of piperidine rings is 1. The van der Waals surface area contributed by atoms with E-state index in [0.29, 0.717) is 11.8 Å². The zero-order valence-electron chi connectivity index (χ0n) is 11.5. The maximum Gasteiger partial charge on any atom is 0.227 e. The van der Waals surface area contributed by atoms with E-state index in [1.165, 1.54) is 25.7 Å². The highest BCUT2D eigenvalue weighted by molar-refractivity contribution is 5.05. The molecule has 3 saturated heterocycles. The van der Waals surface area contributed by atoms with Crippen molar-refractivity contribution in [3.63, 3.8) is 0 Å². The first kappa shape index (κ1) is 11.9. The molecule has 1 aromatic heterocycles. The van der Waals surface area contributed by atoms with Crippen molar-refractivity contribution in [2.45, 2.75) is 50.1 Å². The van der Waals surface area contributed by atoms with Crippen LogP contribution in [0.15, 0.2) is 4.52 Å². The zero-order chi connectivity index (χ0) is 12.8. The normalized spacial score (nSPS) is 35.5. The van der Waals surface area contributed by atoms with Crippen molar-refractivity contribution in [1.29, 1.82) is 0 Å². The molecule has 4 heterocycles. The lowest BCUT2D eigenvalue weighted by atomic mass is 9.90. The van der Waals surface area contributed by atoms with Gasteiger partial charge in [-0.1, -0.05) is 5.16 Å². The highest BCUT2D eigenvalue weighted by Crippen LogP contribution is 2.41. The van der Waals surface area contributed by atoms with E-state index in [9.17, 15) is 0 Å². The van der Waals surface area contributed by atoms with E-state index < -0.39 is 0 Å². The van der Waals surface area contributed by atoms with Crippen molar-refractivity contribution < 1.29 is 4.52 Å². The van der Waals surface area contributed by atoms with Gasteiger partial charge in [0.1, 0.15) is 0 Å². The fourth-order valence-corrected chi connectivity index (χ4v) is 3.88. The summed E-state index contributed by atoms with van der Waals surface area (Å²) in [5.74, 6) is 3.02. The summed E-state index contributed by atoms with van der Waals surface area (Å²) in [6.45, 7) is 2.19. The number of rotatable bonds is 3. The molecular formula is C14H22N4O. The number of nitrogens with zero attached hydrogens (tertiary/aromatic N) is 3. The maximum atomic E-state index is 5.44. The predicted octanol–water partition coefficient (Wildman–Crippen LogP) is 1.17. The first-order valence-electron chi connectivity index (χ1n) is 7.54. The average molecular weight is 262 g/mol. The van der Waals surface area contributed by atoms with Crippen LogP contribution >= 0.6 is 0 Å². The van der Waals surface area contributed by atoms with Gasteiger partial charge in [-0.2, -0.15) is 4.98 Å². The van der Waals surface area contributed by atoms with Crippen LogP contribution in [-0.4, -0.2) is 47.3 Å². The van der Waals surface area contributed by atoms with E-state index in [-0.39, 0.29) is 0 Å². The molecule has 2 unspecified atom stereocenters. The Morgan fingerprint density at radius 2 is 2.00 bits per heavy atom. The van der Waals surface area contributed by atoms with Gasteiger partial charge in [0.2, 0.25) is 5.89 Å². The van der Waals surface area contributed by atoms with Gasteiger partial charge < -0.3 is 14.7 Å². The summed E-state index contributed by atoms with van der Waals surface area (Å²) in [5.41, 5.74) is 0. The monoisotopic (exact) mass is 262 g/mol. The topological polar surface area (TPSA) is 54.2 Å². The molecule has 19 heavy (non-hydrogen) atoms. The Hall–Kier alpha value is -0.940. The van der Waals surface area contributed by atoms with Crippen LogP contribution in [0.3, 0.4) is 0 Å². The van der Waals surface area contributed by atoms with E-state index in [4.69, 9.17) is 4.52 Å². The summed E-state index contributed by atoms with van der Waals surface area (Å²) < 4.78 is 5.44. The number of hydrogen-bond acceptors (Lipinski definition) is 5. The molecule has 2 atom stereocenters. The smallest absolute Gasteiger partial charge is 0.227 e. The van der Waals surface area contributed by atoms with Gasteiger partial charge in [0.15, 0.2) is 5.82 Å². The number of aromatic nitrogens is 2. The Labute approximate surface area is 113 Å². The van der Waals surface area contributed by atoms with Gasteiger partial charge in [0.05, 0.1) is 0 Å². The lowest BCUT2D eigenvalue weighted by molar-refractivity contribution is 0.157. The zero-order valence-corrected chi connectivity index (χ0v) is 11.5. The van der Waals surface area contributed by atoms with Crippen molar-refractivity contribution in [3.05, 3.63) is 11.7 Å². The molecule has 1 aromatic rings. The highest BCUT2D eigenvalue weighted by atomic mass is 16.5. The summed E-state index contributed by atoms with van der Waals surface area (Å²) in [5, 5.41) is 7.53. The molecule has 0 radical (unpaired) electrons. The molecule has 0 aliphatic carbocycles. The van der Waals surface area contributed by atoms with Crippen LogP contribution in [0.4, 0.5) is 0 Å². The van der Waals surface area contributed by atoms with Crippen LogP contribution in [-0.2, 0) is 6.42 Å². The lowest BCUT2D eigenvalue weighted by Gasteiger charge is -2.34. The largest absolute Gasteiger partial charge is 0.339 e. The third-order valence-electron chi connectivity index (χ3n) is 5.28. The summed E-state index contributed by atoms with van der Waals surface area (Å²) in [7, 11) is 2.27. The fraction of sp³-hybridized carbons (Fsp3) is 0.857. The second-order valence-electron chi connectivity index (χ2n) is 6.49. The van der Waals surface area contributed by atoms with Crippen LogP contribution in [0.2, 0.25) is 0 Å². The third-order valence-corrected chi connectivity index (χ3v) is 5.28. The van der Waals surface area contributed by atoms with E-state index in [0.717, 1.165) is 43.3 Å². The van der Waals surface area contributed by atoms with Gasteiger partial charge in [-0.05, 0) is 51.7 Å². The second-order valence-corrected chi connectivity index (χ2v) is 6.49. The minimum atomic E-state index is 0.519. The van der Waals surface area contributed by atoms with E-state index in [1.54, 1.807) is 0 Å². The molecule has 3 aliphatic rings. The minimum absolute atomic E-state index is 0.519. The number of hydrogen-bond donors (Lipinski definition) is 1. The van der Waals surface area contributed by atoms with Crippen LogP contribution < -0.4 is 5.32 Å². The van der Waals surface area contributed by atoms with Gasteiger partial charge in [-0.15, -0.1) is 0 Å². The van der Waals surface area contributed by atoms with Crippen LogP contribution in [0, 0.1) is 5.92 Å². The molecule has 0 amide bonds. The van der Waals surface area contributed by atoms with Crippen molar-refractivity contribution in [3.8, 4) is 0 Å². The molecule has 3 fully saturated rings. The molecule has 104 valence electrons. The summed E-state index contributed by atoms with van der Waals surface area (Å²) in [4.78, 5) is 7.21. The lowest BCUT2D eigenvalue weighted by Crippen LogP contribution is -2.43. The number of fused-ring (bicyclic) bond motifs is 2. The molecule has 0 aromatic carbocycles. The summed E-state index contributed by atoms with van der Waals surface area (Å²) in [6.07, 6.45) is 6.04. The highest BCUT2D eigenvalue weighted by Gasteiger charge is 2.40. The molecule has 0 saturated carbocycles. The van der Waals surface area contributed by atoms with Crippen molar-refractivity contribution in [2.24, 2.45) is 5.92 Å². The molecule has 1 N–H and O–H groups in total. The predicted molar refractivity (Wildman–Crippen MR) is 70.9 cm³/mol. The molecule has 3 aliphatic heterocycles. The Bertz CT molecular complexity index is 442. The Balaban J connectivity index is 1.44. The Morgan fingerprint density at radius 3 is 2.63 bits per heavy atom. The van der Waals surface area contributed by atoms with Crippen molar-refractivity contribution in [1.82, 2.24) is 20.4 Å². The van der Waals surface area contributed by atoms with Crippen molar-refractivity contribution in [2.75, 3.05) is 20.1 Å². The van der Waals surface area contributed by atoms with Crippen LogP contribution in [0.25, 0.3) is 0 Å². The van der Waals surface area contributed by atoms with Gasteiger partial charge in [-0.25, -0.2) is 0 Å². The quantitative estimate of drug-likeness (QED) is 0.886. The summed E-state index contributed by atoms with van der Waals surface area (Å²) >= 11 is 0. The Kier molecular flexibility index (Phi) is 2.84. The molecule has 5 heteroatoms. The molecule has 2 bridgehead atoms.